The van der Waals surface area contributed by atoms with Crippen molar-refractivity contribution in [2.75, 3.05) is 36.8 Å². The van der Waals surface area contributed by atoms with Crippen LogP contribution in [0.15, 0.2) is 55.1 Å². The van der Waals surface area contributed by atoms with Gasteiger partial charge >= 0.3 is 0 Å². The van der Waals surface area contributed by atoms with Crippen LogP contribution in [0.1, 0.15) is 36.8 Å². The second-order valence-electron chi connectivity index (χ2n) is 11.3. The number of hydrogen-bond donors (Lipinski definition) is 4. The van der Waals surface area contributed by atoms with E-state index in [1.165, 1.54) is 24.4 Å². The molecule has 216 valence electrons. The maximum absolute atomic E-state index is 12.9. The minimum absolute atomic E-state index is 0.0999. The maximum atomic E-state index is 12.9. The van der Waals surface area contributed by atoms with Crippen LogP contribution in [-0.4, -0.2) is 65.7 Å². The Bertz CT molecular complexity index is 1790. The van der Waals surface area contributed by atoms with Crippen LogP contribution in [0.4, 0.5) is 16.5 Å². The highest BCUT2D eigenvalue weighted by Crippen LogP contribution is 2.28. The summed E-state index contributed by atoms with van der Waals surface area (Å²) in [5.41, 5.74) is 9.78. The van der Waals surface area contributed by atoms with E-state index < -0.39 is 0 Å². The van der Waals surface area contributed by atoms with E-state index in [1.54, 1.807) is 0 Å². The number of imidazole rings is 1. The van der Waals surface area contributed by atoms with Gasteiger partial charge in [-0.1, -0.05) is 13.0 Å². The molecule has 1 unspecified atom stereocenters. The molecule has 2 aliphatic heterocycles. The summed E-state index contributed by atoms with van der Waals surface area (Å²) in [5.74, 6) is 1.34. The molecule has 1 aromatic carbocycles. The van der Waals surface area contributed by atoms with Crippen LogP contribution >= 0.6 is 11.5 Å². The number of hydrazine groups is 1. The van der Waals surface area contributed by atoms with Crippen molar-refractivity contribution in [1.82, 2.24) is 39.1 Å². The molecule has 12 heteroatoms. The molecule has 4 N–H and O–H groups in total. The number of piperidine rings is 1. The minimum atomic E-state index is -0.0999. The normalized spacial score (nSPS) is 17.7. The van der Waals surface area contributed by atoms with Gasteiger partial charge in [-0.25, -0.2) is 15.4 Å². The molecular formula is C30H34N10OS. The molecule has 7 rings (SSSR count). The smallest absolute Gasteiger partial charge is 0.245 e. The Hall–Kier alpha value is -4.26. The average molecular weight is 583 g/mol. The zero-order valence-electron chi connectivity index (χ0n) is 23.7. The van der Waals surface area contributed by atoms with Crippen molar-refractivity contribution in [3.05, 3.63) is 72.2 Å². The number of fused-ring (bicyclic) bond motifs is 2. The molecule has 11 nitrogen and oxygen atoms in total. The summed E-state index contributed by atoms with van der Waals surface area (Å²) in [4.78, 5) is 28.0. The number of carbonyl (C=O) groups excluding carboxylic acids is 1. The standard InChI is InChI=1S/C30H34N10OS/c1-19-5-4-10-38(14-19)17-22-11-28(42-37-22)36-29-30-32-13-26(40(30)15-20(2)34-29)21-12-33-39(16-21)18-27(41)35-25-7-3-6-24-23(25)8-9-31-24/h3,6-9,11,13,15-16,19,31,33H,4-5,10,12,14,17-18H2,1-2H3,(H,34,36)(H,35,41). The zero-order valence-corrected chi connectivity index (χ0v) is 24.5. The van der Waals surface area contributed by atoms with Gasteiger partial charge in [0.2, 0.25) is 5.91 Å². The highest BCUT2D eigenvalue weighted by Gasteiger charge is 2.21. The average Bonchev–Trinajstić information content (AvgIpc) is 3.76. The molecule has 0 aliphatic carbocycles. The molecule has 0 bridgehead atoms. The highest BCUT2D eigenvalue weighted by atomic mass is 32.1. The lowest BCUT2D eigenvalue weighted by atomic mass is 10.0. The Morgan fingerprint density at radius 3 is 3.10 bits per heavy atom. The van der Waals surface area contributed by atoms with Crippen LogP contribution in [0.2, 0.25) is 0 Å². The van der Waals surface area contributed by atoms with Gasteiger partial charge in [0.15, 0.2) is 11.5 Å². The van der Waals surface area contributed by atoms with Crippen molar-refractivity contribution in [1.29, 1.82) is 0 Å². The third-order valence-electron chi connectivity index (χ3n) is 7.84. The fourth-order valence-electron chi connectivity index (χ4n) is 5.91. The van der Waals surface area contributed by atoms with E-state index in [9.17, 15) is 4.79 Å². The summed E-state index contributed by atoms with van der Waals surface area (Å²) in [6, 6.07) is 9.91. The molecule has 0 radical (unpaired) electrons. The fraction of sp³-hybridized carbons (Fsp3) is 0.333. The molecular weight excluding hydrogens is 548 g/mol. The summed E-state index contributed by atoms with van der Waals surface area (Å²) >= 11 is 1.46. The van der Waals surface area contributed by atoms with Gasteiger partial charge in [0.25, 0.3) is 0 Å². The van der Waals surface area contributed by atoms with Gasteiger partial charge in [0, 0.05) is 54.7 Å². The van der Waals surface area contributed by atoms with Crippen LogP contribution in [0.25, 0.3) is 22.1 Å². The molecule has 6 heterocycles. The van der Waals surface area contributed by atoms with Crippen LogP contribution in [0.5, 0.6) is 0 Å². The van der Waals surface area contributed by atoms with Crippen molar-refractivity contribution >= 4 is 56.1 Å². The summed E-state index contributed by atoms with van der Waals surface area (Å²) in [5, 5.41) is 10.3. The van der Waals surface area contributed by atoms with Crippen LogP contribution in [-0.2, 0) is 11.3 Å². The molecule has 0 spiro atoms. The maximum Gasteiger partial charge on any atom is 0.245 e. The third-order valence-corrected chi connectivity index (χ3v) is 8.58. The number of anilines is 3. The largest absolute Gasteiger partial charge is 0.361 e. The highest BCUT2D eigenvalue weighted by molar-refractivity contribution is 7.10. The van der Waals surface area contributed by atoms with Crippen LogP contribution < -0.4 is 16.1 Å². The molecule has 0 saturated carbocycles. The van der Waals surface area contributed by atoms with E-state index in [4.69, 9.17) is 14.3 Å². The van der Waals surface area contributed by atoms with Gasteiger partial charge < -0.3 is 20.6 Å². The molecule has 1 fully saturated rings. The van der Waals surface area contributed by atoms with Gasteiger partial charge in [0.05, 0.1) is 29.0 Å². The number of aromatic nitrogens is 5. The first kappa shape index (κ1) is 26.6. The second-order valence-corrected chi connectivity index (χ2v) is 12.1. The number of rotatable bonds is 8. The molecule has 2 aliphatic rings. The predicted octanol–water partition coefficient (Wildman–Crippen LogP) is 4.75. The summed E-state index contributed by atoms with van der Waals surface area (Å²) in [7, 11) is 0. The number of aryl methyl sites for hydroxylation is 1. The SMILES string of the molecule is Cc1cn2c(C3=CN(CC(=O)Nc4cccc5[nH]ccc45)NC3)cnc2c(Nc2cc(CN3CCCC(C)C3)ns2)n1. The summed E-state index contributed by atoms with van der Waals surface area (Å²) in [6.07, 6.45) is 10.3. The second kappa shape index (κ2) is 11.2. The minimum Gasteiger partial charge on any atom is -0.361 e. The number of amides is 1. The lowest BCUT2D eigenvalue weighted by Crippen LogP contribution is -2.36. The number of hydrogen-bond acceptors (Lipinski definition) is 9. The van der Waals surface area contributed by atoms with Crippen LogP contribution in [0.3, 0.4) is 0 Å². The number of likely N-dealkylation sites (tertiary alicyclic amines) is 1. The van der Waals surface area contributed by atoms with Crippen molar-refractivity contribution < 1.29 is 4.79 Å². The van der Waals surface area contributed by atoms with E-state index in [0.717, 1.165) is 75.4 Å². The quantitative estimate of drug-likeness (QED) is 0.207. The van der Waals surface area contributed by atoms with E-state index in [0.29, 0.717) is 12.4 Å². The van der Waals surface area contributed by atoms with Crippen molar-refractivity contribution in [2.24, 2.45) is 5.92 Å². The first-order valence-corrected chi connectivity index (χ1v) is 15.1. The van der Waals surface area contributed by atoms with E-state index in [1.807, 2.05) is 61.0 Å². The number of nitrogens with one attached hydrogen (secondary N) is 4. The number of carbonyl (C=O) groups is 1. The van der Waals surface area contributed by atoms with E-state index >= 15 is 0 Å². The first-order valence-electron chi connectivity index (χ1n) is 14.4. The van der Waals surface area contributed by atoms with Crippen molar-refractivity contribution in [3.8, 4) is 0 Å². The van der Waals surface area contributed by atoms with Crippen molar-refractivity contribution in [2.45, 2.75) is 33.2 Å². The molecule has 5 aromatic rings. The molecule has 1 atom stereocenters. The monoisotopic (exact) mass is 582 g/mol. The Kier molecular flexibility index (Phi) is 7.10. The Morgan fingerprint density at radius 1 is 1.26 bits per heavy atom. The van der Waals surface area contributed by atoms with Gasteiger partial charge in [-0.2, -0.15) is 4.37 Å². The topological polar surface area (TPSA) is 119 Å². The van der Waals surface area contributed by atoms with Gasteiger partial charge in [-0.05, 0) is 68.0 Å². The van der Waals surface area contributed by atoms with Gasteiger partial charge in [0.1, 0.15) is 11.5 Å². The van der Waals surface area contributed by atoms with E-state index in [2.05, 4.69) is 43.3 Å². The summed E-state index contributed by atoms with van der Waals surface area (Å²) in [6.45, 7) is 8.22. The molecule has 4 aromatic heterocycles. The number of H-pyrrole nitrogens is 1. The predicted molar refractivity (Wildman–Crippen MR) is 166 cm³/mol. The third kappa shape index (κ3) is 5.48. The van der Waals surface area contributed by atoms with Gasteiger partial charge in [-0.15, -0.1) is 0 Å². The first-order chi connectivity index (χ1) is 20.5. The lowest BCUT2D eigenvalue weighted by Gasteiger charge is -2.30. The summed E-state index contributed by atoms with van der Waals surface area (Å²) < 4.78 is 6.76. The number of aromatic amines is 1. The number of nitrogens with zero attached hydrogens (tertiary/aromatic N) is 6. The van der Waals surface area contributed by atoms with Crippen LogP contribution in [0, 0.1) is 12.8 Å². The van der Waals surface area contributed by atoms with E-state index in [-0.39, 0.29) is 12.5 Å². The molecule has 1 saturated heterocycles. The fourth-order valence-corrected chi connectivity index (χ4v) is 6.57. The van der Waals surface area contributed by atoms with Crippen molar-refractivity contribution in [3.63, 3.8) is 0 Å². The molecule has 1 amide bonds. The number of benzene rings is 1. The van der Waals surface area contributed by atoms with Gasteiger partial charge in [-0.3, -0.25) is 14.1 Å². The Morgan fingerprint density at radius 2 is 2.19 bits per heavy atom. The Labute approximate surface area is 247 Å². The Balaban J connectivity index is 1.05. The zero-order chi connectivity index (χ0) is 28.6. The lowest BCUT2D eigenvalue weighted by molar-refractivity contribution is -0.117. The molecule has 42 heavy (non-hydrogen) atoms.